The molecule has 3 aromatic rings. The lowest BCUT2D eigenvalue weighted by Crippen LogP contribution is -2.29. The minimum atomic E-state index is -0.565. The SMILES string of the molecule is Cc1c(/C=N\NC(=O)OC(C)(C)C)c2ccccc2n1Cc1ccccc1. The second kappa shape index (κ2) is 7.66. The Morgan fingerprint density at radius 3 is 2.48 bits per heavy atom. The second-order valence-corrected chi connectivity index (χ2v) is 7.46. The summed E-state index contributed by atoms with van der Waals surface area (Å²) >= 11 is 0. The van der Waals surface area contributed by atoms with Crippen LogP contribution in [0.25, 0.3) is 10.9 Å². The number of hydrogen-bond donors (Lipinski definition) is 1. The van der Waals surface area contributed by atoms with Crippen LogP contribution < -0.4 is 5.43 Å². The number of para-hydroxylation sites is 1. The number of fused-ring (bicyclic) bond motifs is 1. The molecule has 1 heterocycles. The number of aromatic nitrogens is 1. The van der Waals surface area contributed by atoms with Crippen LogP contribution >= 0.6 is 0 Å². The molecule has 140 valence electrons. The third-order valence-electron chi connectivity index (χ3n) is 4.21. The van der Waals surface area contributed by atoms with Crippen LogP contribution in [0.3, 0.4) is 0 Å². The molecule has 2 aromatic carbocycles. The second-order valence-electron chi connectivity index (χ2n) is 7.46. The molecule has 0 aliphatic rings. The molecule has 0 aliphatic heterocycles. The highest BCUT2D eigenvalue weighted by molar-refractivity contribution is 6.01. The molecule has 5 nitrogen and oxygen atoms in total. The van der Waals surface area contributed by atoms with Crippen LogP contribution in [0.4, 0.5) is 4.79 Å². The van der Waals surface area contributed by atoms with E-state index >= 15 is 0 Å². The number of amides is 1. The number of benzene rings is 2. The van der Waals surface area contributed by atoms with Gasteiger partial charge in [0.2, 0.25) is 0 Å². The summed E-state index contributed by atoms with van der Waals surface area (Å²) in [5.41, 5.74) is 6.33. The molecule has 0 aliphatic carbocycles. The van der Waals surface area contributed by atoms with E-state index in [0.717, 1.165) is 28.7 Å². The van der Waals surface area contributed by atoms with Gasteiger partial charge >= 0.3 is 6.09 Å². The Kier molecular flexibility index (Phi) is 5.31. The molecule has 1 N–H and O–H groups in total. The van der Waals surface area contributed by atoms with Crippen LogP contribution in [0.5, 0.6) is 0 Å². The summed E-state index contributed by atoms with van der Waals surface area (Å²) in [6.07, 6.45) is 1.12. The molecule has 0 bridgehead atoms. The summed E-state index contributed by atoms with van der Waals surface area (Å²) in [5.74, 6) is 0. The Morgan fingerprint density at radius 2 is 1.78 bits per heavy atom. The first-order valence-corrected chi connectivity index (χ1v) is 8.99. The monoisotopic (exact) mass is 363 g/mol. The van der Waals surface area contributed by atoms with Gasteiger partial charge < -0.3 is 9.30 Å². The smallest absolute Gasteiger partial charge is 0.428 e. The van der Waals surface area contributed by atoms with Gasteiger partial charge in [-0.15, -0.1) is 0 Å². The zero-order chi connectivity index (χ0) is 19.4. The Labute approximate surface area is 159 Å². The van der Waals surface area contributed by atoms with Gasteiger partial charge in [0.25, 0.3) is 0 Å². The van der Waals surface area contributed by atoms with E-state index in [4.69, 9.17) is 4.74 Å². The molecule has 0 spiro atoms. The van der Waals surface area contributed by atoms with Crippen LogP contribution in [0.15, 0.2) is 59.7 Å². The summed E-state index contributed by atoms with van der Waals surface area (Å²) in [4.78, 5) is 11.8. The van der Waals surface area contributed by atoms with E-state index in [1.54, 1.807) is 6.21 Å². The fourth-order valence-corrected chi connectivity index (χ4v) is 3.04. The van der Waals surface area contributed by atoms with E-state index in [1.165, 1.54) is 5.56 Å². The number of rotatable bonds is 4. The van der Waals surface area contributed by atoms with Gasteiger partial charge in [-0.25, -0.2) is 10.2 Å². The quantitative estimate of drug-likeness (QED) is 0.532. The van der Waals surface area contributed by atoms with Gasteiger partial charge in [-0.2, -0.15) is 5.10 Å². The molecule has 0 saturated carbocycles. The van der Waals surface area contributed by atoms with Crippen LogP contribution in [-0.2, 0) is 11.3 Å². The lowest BCUT2D eigenvalue weighted by atomic mass is 10.1. The molecule has 0 unspecified atom stereocenters. The minimum absolute atomic E-state index is 0.554. The third kappa shape index (κ3) is 4.56. The minimum Gasteiger partial charge on any atom is -0.443 e. The first kappa shape index (κ1) is 18.7. The van der Waals surface area contributed by atoms with E-state index in [-0.39, 0.29) is 0 Å². The van der Waals surface area contributed by atoms with Crippen molar-refractivity contribution in [1.29, 1.82) is 0 Å². The van der Waals surface area contributed by atoms with E-state index in [0.29, 0.717) is 0 Å². The number of hydrazone groups is 1. The van der Waals surface area contributed by atoms with Crippen LogP contribution in [-0.4, -0.2) is 22.5 Å². The van der Waals surface area contributed by atoms with Crippen LogP contribution in [0.2, 0.25) is 0 Å². The van der Waals surface area contributed by atoms with E-state index in [9.17, 15) is 4.79 Å². The van der Waals surface area contributed by atoms with Gasteiger partial charge in [-0.3, -0.25) is 0 Å². The van der Waals surface area contributed by atoms with Crippen molar-refractivity contribution in [3.8, 4) is 0 Å². The molecular formula is C22H25N3O2. The normalized spacial score (nSPS) is 11.9. The average molecular weight is 363 g/mol. The lowest BCUT2D eigenvalue weighted by molar-refractivity contribution is 0.0529. The first-order valence-electron chi connectivity index (χ1n) is 8.99. The van der Waals surface area contributed by atoms with Gasteiger partial charge in [-0.05, 0) is 39.3 Å². The first-order chi connectivity index (χ1) is 12.8. The maximum Gasteiger partial charge on any atom is 0.428 e. The molecule has 27 heavy (non-hydrogen) atoms. The van der Waals surface area contributed by atoms with E-state index in [2.05, 4.69) is 46.3 Å². The van der Waals surface area contributed by atoms with Crippen molar-refractivity contribution in [2.45, 2.75) is 39.8 Å². The van der Waals surface area contributed by atoms with Crippen LogP contribution in [0.1, 0.15) is 37.6 Å². The van der Waals surface area contributed by atoms with Crippen molar-refractivity contribution in [3.05, 3.63) is 71.4 Å². The molecule has 0 saturated heterocycles. The van der Waals surface area contributed by atoms with Crippen molar-refractivity contribution < 1.29 is 9.53 Å². The van der Waals surface area contributed by atoms with Gasteiger partial charge in [0.05, 0.1) is 6.21 Å². The number of carbonyl (C=O) groups excluding carboxylic acids is 1. The molecule has 3 rings (SSSR count). The molecule has 1 amide bonds. The number of carbonyl (C=O) groups is 1. The molecule has 0 atom stereocenters. The largest absolute Gasteiger partial charge is 0.443 e. The summed E-state index contributed by atoms with van der Waals surface area (Å²) in [6, 6.07) is 18.6. The predicted molar refractivity (Wildman–Crippen MR) is 109 cm³/mol. The van der Waals surface area contributed by atoms with Crippen molar-refractivity contribution in [2.75, 3.05) is 0 Å². The van der Waals surface area contributed by atoms with Crippen molar-refractivity contribution in [3.63, 3.8) is 0 Å². The van der Waals surface area contributed by atoms with Crippen molar-refractivity contribution in [2.24, 2.45) is 5.10 Å². The average Bonchev–Trinajstić information content (AvgIpc) is 2.87. The molecule has 0 radical (unpaired) electrons. The topological polar surface area (TPSA) is 55.6 Å². The summed E-state index contributed by atoms with van der Waals surface area (Å²) in [7, 11) is 0. The Hall–Kier alpha value is -3.08. The molecule has 5 heteroatoms. The van der Waals surface area contributed by atoms with Crippen molar-refractivity contribution >= 4 is 23.2 Å². The lowest BCUT2D eigenvalue weighted by Gasteiger charge is -2.18. The Morgan fingerprint density at radius 1 is 1.11 bits per heavy atom. The summed E-state index contributed by atoms with van der Waals surface area (Å²) in [5, 5.41) is 5.19. The third-order valence-corrected chi connectivity index (χ3v) is 4.21. The van der Waals surface area contributed by atoms with Gasteiger partial charge in [0.1, 0.15) is 5.60 Å². The number of ether oxygens (including phenoxy) is 1. The number of nitrogens with zero attached hydrogens (tertiary/aromatic N) is 2. The summed E-state index contributed by atoms with van der Waals surface area (Å²) < 4.78 is 7.47. The fraction of sp³-hybridized carbons (Fsp3) is 0.273. The van der Waals surface area contributed by atoms with E-state index in [1.807, 2.05) is 51.1 Å². The number of hydrogen-bond acceptors (Lipinski definition) is 3. The fourth-order valence-electron chi connectivity index (χ4n) is 3.04. The highest BCUT2D eigenvalue weighted by atomic mass is 16.6. The Balaban J connectivity index is 1.89. The van der Waals surface area contributed by atoms with Crippen LogP contribution in [0, 0.1) is 6.92 Å². The highest BCUT2D eigenvalue weighted by Gasteiger charge is 2.16. The maximum absolute atomic E-state index is 11.8. The Bertz CT molecular complexity index is 966. The van der Waals surface area contributed by atoms with Gasteiger partial charge in [0.15, 0.2) is 0 Å². The zero-order valence-corrected chi connectivity index (χ0v) is 16.2. The molecule has 0 fully saturated rings. The highest BCUT2D eigenvalue weighted by Crippen LogP contribution is 2.25. The van der Waals surface area contributed by atoms with E-state index < -0.39 is 11.7 Å². The molecular weight excluding hydrogens is 338 g/mol. The van der Waals surface area contributed by atoms with Crippen molar-refractivity contribution in [1.82, 2.24) is 9.99 Å². The zero-order valence-electron chi connectivity index (χ0n) is 16.2. The summed E-state index contributed by atoms with van der Waals surface area (Å²) in [6.45, 7) is 8.30. The standard InChI is InChI=1S/C22H25N3O2/c1-16-19(14-23-24-21(26)27-22(2,3)4)18-12-8-9-13-20(18)25(16)15-17-10-6-5-7-11-17/h5-14H,15H2,1-4H3,(H,24,26)/b23-14-. The van der Waals surface area contributed by atoms with Gasteiger partial charge in [0, 0.05) is 28.7 Å². The number of nitrogens with one attached hydrogen (secondary N) is 1. The molecule has 1 aromatic heterocycles. The van der Waals surface area contributed by atoms with Gasteiger partial charge in [-0.1, -0.05) is 48.5 Å². The predicted octanol–water partition coefficient (Wildman–Crippen LogP) is 4.86. The maximum atomic E-state index is 11.8.